The second-order valence-corrected chi connectivity index (χ2v) is 7.76. The van der Waals surface area contributed by atoms with Crippen LogP contribution in [-0.4, -0.2) is 4.98 Å². The van der Waals surface area contributed by atoms with Gasteiger partial charge in [-0.1, -0.05) is 58.9 Å². The molecular formula is C17H24N2S. The van der Waals surface area contributed by atoms with Crippen molar-refractivity contribution < 1.29 is 0 Å². The van der Waals surface area contributed by atoms with E-state index in [4.69, 9.17) is 5.73 Å². The Morgan fingerprint density at radius 2 is 1.75 bits per heavy atom. The normalized spacial score (nSPS) is 12.1. The van der Waals surface area contributed by atoms with Crippen molar-refractivity contribution in [1.82, 2.24) is 4.98 Å². The number of nitrogens with two attached hydrogens (primary N) is 1. The fourth-order valence-electron chi connectivity index (χ4n) is 2.28. The number of aromatic nitrogens is 1. The van der Waals surface area contributed by atoms with Gasteiger partial charge in [0.25, 0.3) is 0 Å². The third-order valence-corrected chi connectivity index (χ3v) is 4.32. The van der Waals surface area contributed by atoms with Crippen LogP contribution in [0.3, 0.4) is 0 Å². The predicted octanol–water partition coefficient (Wildman–Crippen LogP) is 4.74. The van der Waals surface area contributed by atoms with Crippen molar-refractivity contribution in [3.8, 4) is 0 Å². The number of nitrogens with zero attached hydrogens (tertiary/aromatic N) is 1. The maximum Gasteiger partial charge on any atom is 0.180 e. The van der Waals surface area contributed by atoms with Crippen molar-refractivity contribution in [3.05, 3.63) is 46.0 Å². The summed E-state index contributed by atoms with van der Waals surface area (Å²) in [4.78, 5) is 5.80. The summed E-state index contributed by atoms with van der Waals surface area (Å²) in [6, 6.07) is 8.89. The average molecular weight is 288 g/mol. The molecule has 0 saturated carbocycles. The van der Waals surface area contributed by atoms with Crippen LogP contribution in [0.15, 0.2) is 24.3 Å². The molecule has 1 aromatic heterocycles. The summed E-state index contributed by atoms with van der Waals surface area (Å²) in [6.07, 6.45) is 0.917. The number of benzene rings is 1. The first-order valence-electron chi connectivity index (χ1n) is 7.12. The first-order valence-corrected chi connectivity index (χ1v) is 7.93. The van der Waals surface area contributed by atoms with Gasteiger partial charge in [0.05, 0.1) is 5.69 Å². The fraction of sp³-hybridized carbons (Fsp3) is 0.471. The molecule has 20 heavy (non-hydrogen) atoms. The van der Waals surface area contributed by atoms with E-state index in [1.165, 1.54) is 16.0 Å². The number of nitrogen functional groups attached to an aromatic ring is 1. The lowest BCUT2D eigenvalue weighted by atomic mass is 9.90. The standard InChI is InChI=1S/C17H24N2S/c1-11(2)13-8-6-12(7-9-13)10-14-15(17(3,4)5)19-16(18)20-14/h6-9,11H,10H2,1-5H3,(H2,18,19). The predicted molar refractivity (Wildman–Crippen MR) is 88.6 cm³/mol. The molecule has 1 aromatic carbocycles. The first kappa shape index (κ1) is 15.0. The minimum atomic E-state index is 0.0430. The first-order chi connectivity index (χ1) is 9.27. The van der Waals surface area contributed by atoms with Crippen LogP contribution in [0.5, 0.6) is 0 Å². The SMILES string of the molecule is CC(C)c1ccc(Cc2sc(N)nc2C(C)(C)C)cc1. The summed E-state index contributed by atoms with van der Waals surface area (Å²) in [5.41, 5.74) is 9.78. The van der Waals surface area contributed by atoms with Crippen LogP contribution in [0.25, 0.3) is 0 Å². The molecule has 2 nitrogen and oxygen atoms in total. The average Bonchev–Trinajstić information content (AvgIpc) is 2.71. The van der Waals surface area contributed by atoms with Gasteiger partial charge in [-0.15, -0.1) is 11.3 Å². The van der Waals surface area contributed by atoms with E-state index in [1.54, 1.807) is 11.3 Å². The molecule has 1 heterocycles. The van der Waals surface area contributed by atoms with Crippen LogP contribution >= 0.6 is 11.3 Å². The third-order valence-electron chi connectivity index (χ3n) is 3.44. The van der Waals surface area contributed by atoms with Gasteiger partial charge in [-0.05, 0) is 17.0 Å². The summed E-state index contributed by atoms with van der Waals surface area (Å²) < 4.78 is 0. The highest BCUT2D eigenvalue weighted by Crippen LogP contribution is 2.32. The largest absolute Gasteiger partial charge is 0.375 e. The maximum atomic E-state index is 5.90. The van der Waals surface area contributed by atoms with Crippen molar-refractivity contribution in [2.75, 3.05) is 5.73 Å². The van der Waals surface area contributed by atoms with E-state index in [0.717, 1.165) is 12.1 Å². The molecule has 0 aliphatic rings. The van der Waals surface area contributed by atoms with Gasteiger partial charge in [0.15, 0.2) is 5.13 Å². The maximum absolute atomic E-state index is 5.90. The molecule has 0 radical (unpaired) electrons. The van der Waals surface area contributed by atoms with Gasteiger partial charge in [-0.2, -0.15) is 0 Å². The highest BCUT2D eigenvalue weighted by Gasteiger charge is 2.22. The smallest absolute Gasteiger partial charge is 0.180 e. The van der Waals surface area contributed by atoms with E-state index in [-0.39, 0.29) is 5.41 Å². The van der Waals surface area contributed by atoms with Crippen LogP contribution in [0.4, 0.5) is 5.13 Å². The van der Waals surface area contributed by atoms with E-state index in [2.05, 4.69) is 63.9 Å². The number of anilines is 1. The lowest BCUT2D eigenvalue weighted by Gasteiger charge is -2.17. The van der Waals surface area contributed by atoms with E-state index < -0.39 is 0 Å². The molecule has 0 aliphatic heterocycles. The number of thiazole rings is 1. The van der Waals surface area contributed by atoms with Crippen molar-refractivity contribution in [3.63, 3.8) is 0 Å². The minimum absolute atomic E-state index is 0.0430. The summed E-state index contributed by atoms with van der Waals surface area (Å²) in [7, 11) is 0. The Bertz CT molecular complexity index is 574. The molecule has 108 valence electrons. The number of hydrogen-bond donors (Lipinski definition) is 1. The zero-order chi connectivity index (χ0) is 14.9. The van der Waals surface area contributed by atoms with E-state index in [0.29, 0.717) is 11.0 Å². The van der Waals surface area contributed by atoms with E-state index in [9.17, 15) is 0 Å². The molecule has 2 N–H and O–H groups in total. The van der Waals surface area contributed by atoms with Gasteiger partial charge in [0.1, 0.15) is 0 Å². The zero-order valence-corrected chi connectivity index (χ0v) is 13.8. The molecule has 2 rings (SSSR count). The Morgan fingerprint density at radius 3 is 2.25 bits per heavy atom. The summed E-state index contributed by atoms with van der Waals surface area (Å²) in [6.45, 7) is 11.0. The summed E-state index contributed by atoms with van der Waals surface area (Å²) in [5.74, 6) is 0.577. The Balaban J connectivity index is 2.26. The Kier molecular flexibility index (Phi) is 4.19. The van der Waals surface area contributed by atoms with Crippen LogP contribution in [-0.2, 0) is 11.8 Å². The molecule has 2 aromatic rings. The molecule has 0 saturated heterocycles. The van der Waals surface area contributed by atoms with Crippen molar-refractivity contribution in [1.29, 1.82) is 0 Å². The highest BCUT2D eigenvalue weighted by atomic mass is 32.1. The molecule has 0 spiro atoms. The molecule has 0 bridgehead atoms. The fourth-order valence-corrected chi connectivity index (χ4v) is 3.36. The van der Waals surface area contributed by atoms with Crippen molar-refractivity contribution in [2.45, 2.75) is 52.4 Å². The van der Waals surface area contributed by atoms with Gasteiger partial charge >= 0.3 is 0 Å². The lowest BCUT2D eigenvalue weighted by Crippen LogP contribution is -2.14. The van der Waals surface area contributed by atoms with Gasteiger partial charge in [0, 0.05) is 16.7 Å². The van der Waals surface area contributed by atoms with Gasteiger partial charge in [-0.3, -0.25) is 0 Å². The van der Waals surface area contributed by atoms with Crippen LogP contribution in [0.2, 0.25) is 0 Å². The number of rotatable bonds is 3. The lowest BCUT2D eigenvalue weighted by molar-refractivity contribution is 0.568. The van der Waals surface area contributed by atoms with Gasteiger partial charge < -0.3 is 5.73 Å². The zero-order valence-electron chi connectivity index (χ0n) is 13.0. The van der Waals surface area contributed by atoms with Crippen LogP contribution in [0.1, 0.15) is 62.2 Å². The van der Waals surface area contributed by atoms with Gasteiger partial charge in [0.2, 0.25) is 0 Å². The monoisotopic (exact) mass is 288 g/mol. The Labute approximate surface area is 126 Å². The topological polar surface area (TPSA) is 38.9 Å². The van der Waals surface area contributed by atoms with Crippen molar-refractivity contribution in [2.24, 2.45) is 0 Å². The van der Waals surface area contributed by atoms with Crippen LogP contribution in [0, 0.1) is 0 Å². The molecule has 0 amide bonds. The molecular weight excluding hydrogens is 264 g/mol. The van der Waals surface area contributed by atoms with E-state index in [1.807, 2.05) is 0 Å². The summed E-state index contributed by atoms with van der Waals surface area (Å²) in [5, 5.41) is 0.670. The molecule has 0 aliphatic carbocycles. The number of hydrogen-bond acceptors (Lipinski definition) is 3. The highest BCUT2D eigenvalue weighted by molar-refractivity contribution is 7.15. The third kappa shape index (κ3) is 3.40. The summed E-state index contributed by atoms with van der Waals surface area (Å²) >= 11 is 1.61. The quantitative estimate of drug-likeness (QED) is 0.886. The van der Waals surface area contributed by atoms with E-state index >= 15 is 0 Å². The molecule has 0 fully saturated rings. The Morgan fingerprint density at radius 1 is 1.15 bits per heavy atom. The second kappa shape index (κ2) is 5.57. The molecule has 0 atom stereocenters. The van der Waals surface area contributed by atoms with Crippen molar-refractivity contribution >= 4 is 16.5 Å². The Hall–Kier alpha value is -1.35. The van der Waals surface area contributed by atoms with Gasteiger partial charge in [-0.25, -0.2) is 4.98 Å². The minimum Gasteiger partial charge on any atom is -0.375 e. The molecule has 3 heteroatoms. The van der Waals surface area contributed by atoms with Crippen LogP contribution < -0.4 is 5.73 Å². The second-order valence-electron chi connectivity index (χ2n) is 6.65. The molecule has 0 unspecified atom stereocenters.